The van der Waals surface area contributed by atoms with Crippen LogP contribution in [0.5, 0.6) is 0 Å². The molecule has 0 saturated heterocycles. The Labute approximate surface area is 165 Å². The number of fused-ring (bicyclic) bond motifs is 1. The highest BCUT2D eigenvalue weighted by Crippen LogP contribution is 2.38. The molecule has 0 aliphatic carbocycles. The Morgan fingerprint density at radius 1 is 1.31 bits per heavy atom. The normalized spacial score (nSPS) is 13.7. The summed E-state index contributed by atoms with van der Waals surface area (Å²) in [4.78, 5) is 34.5. The van der Waals surface area contributed by atoms with Crippen molar-refractivity contribution in [1.82, 2.24) is 0 Å². The van der Waals surface area contributed by atoms with Crippen molar-refractivity contribution in [2.45, 2.75) is 45.9 Å². The van der Waals surface area contributed by atoms with Gasteiger partial charge in [-0.1, -0.05) is 24.3 Å². The monoisotopic (exact) mass is 411 g/mol. The maximum absolute atomic E-state index is 12.9. The number of alkyl halides is 3. The molecule has 1 aromatic carbocycles. The van der Waals surface area contributed by atoms with E-state index >= 15 is 0 Å². The second-order valence-corrected chi connectivity index (χ2v) is 6.63. The summed E-state index contributed by atoms with van der Waals surface area (Å²) in [7, 11) is 0. The van der Waals surface area contributed by atoms with Gasteiger partial charge in [-0.15, -0.1) is 0 Å². The number of esters is 1. The highest BCUT2D eigenvalue weighted by molar-refractivity contribution is 6.07. The Kier molecular flexibility index (Phi) is 6.51. The number of hydrogen-bond acceptors (Lipinski definition) is 4. The largest absolute Gasteiger partial charge is 0.481 e. The van der Waals surface area contributed by atoms with Gasteiger partial charge in [0.05, 0.1) is 11.3 Å². The number of carboxylic acids is 1. The van der Waals surface area contributed by atoms with E-state index in [0.29, 0.717) is 22.3 Å². The number of aliphatic carboxylic acids is 1. The van der Waals surface area contributed by atoms with Crippen molar-refractivity contribution in [3.63, 3.8) is 0 Å². The summed E-state index contributed by atoms with van der Waals surface area (Å²) in [5.41, 5.74) is 2.14. The number of carboxylic acid groups (broad SMARTS) is 1. The predicted octanol–water partition coefficient (Wildman–Crippen LogP) is 4.16. The number of benzene rings is 1. The first-order valence-electron chi connectivity index (χ1n) is 8.70. The zero-order valence-electron chi connectivity index (χ0n) is 15.9. The highest BCUT2D eigenvalue weighted by atomic mass is 19.4. The summed E-state index contributed by atoms with van der Waals surface area (Å²) in [6, 6.07) is 0. The molecule has 0 fully saturated rings. The van der Waals surface area contributed by atoms with E-state index < -0.39 is 24.0 Å². The third kappa shape index (κ3) is 4.85. The number of hydrogen-bond donors (Lipinski definition) is 2. The minimum atomic E-state index is -5.14. The van der Waals surface area contributed by atoms with E-state index in [1.54, 1.807) is 19.9 Å². The number of ether oxygens (including phenoxy) is 1. The van der Waals surface area contributed by atoms with Gasteiger partial charge in [0, 0.05) is 12.0 Å². The molecule has 0 saturated carbocycles. The third-order valence-corrected chi connectivity index (χ3v) is 4.68. The first-order chi connectivity index (χ1) is 13.5. The van der Waals surface area contributed by atoms with Crippen molar-refractivity contribution in [2.75, 3.05) is 5.32 Å². The van der Waals surface area contributed by atoms with Crippen molar-refractivity contribution in [3.8, 4) is 0 Å². The van der Waals surface area contributed by atoms with E-state index in [4.69, 9.17) is 9.84 Å². The molecule has 1 aliphatic heterocycles. The first-order valence-corrected chi connectivity index (χ1v) is 8.70. The topological polar surface area (TPSA) is 92.7 Å². The van der Waals surface area contributed by atoms with Gasteiger partial charge in [-0.25, -0.2) is 4.79 Å². The smallest absolute Gasteiger partial charge is 0.471 e. The summed E-state index contributed by atoms with van der Waals surface area (Å²) in [5, 5.41) is 10.6. The molecule has 9 heteroatoms. The number of nitrogens with one attached hydrogen (secondary N) is 1. The fraction of sp³-hybridized carbons (Fsp3) is 0.350. The van der Waals surface area contributed by atoms with Crippen LogP contribution >= 0.6 is 0 Å². The molecule has 156 valence electrons. The summed E-state index contributed by atoms with van der Waals surface area (Å²) >= 11 is 0. The van der Waals surface area contributed by atoms with Gasteiger partial charge < -0.3 is 15.2 Å². The van der Waals surface area contributed by atoms with Crippen LogP contribution in [-0.4, -0.2) is 29.1 Å². The number of halogens is 3. The maximum atomic E-state index is 12.9. The lowest BCUT2D eigenvalue weighted by molar-refractivity contribution is -0.167. The lowest BCUT2D eigenvalue weighted by Gasteiger charge is -2.19. The molecule has 0 spiro atoms. The minimum absolute atomic E-state index is 0.0711. The Balaban J connectivity index is 2.59. The molecule has 0 atom stereocenters. The number of allylic oxidation sites excluding steroid dienone is 2. The van der Waals surface area contributed by atoms with Crippen molar-refractivity contribution >= 4 is 29.6 Å². The van der Waals surface area contributed by atoms with Gasteiger partial charge in [0.1, 0.15) is 6.61 Å². The summed E-state index contributed by atoms with van der Waals surface area (Å²) < 4.78 is 43.5. The van der Waals surface area contributed by atoms with E-state index in [1.807, 2.05) is 5.32 Å². The molecule has 0 bridgehead atoms. The fourth-order valence-electron chi connectivity index (χ4n) is 3.12. The van der Waals surface area contributed by atoms with Crippen LogP contribution in [-0.2, 0) is 27.4 Å². The molecule has 29 heavy (non-hydrogen) atoms. The number of cyclic esters (lactones) is 1. The van der Waals surface area contributed by atoms with Gasteiger partial charge in [0.15, 0.2) is 0 Å². The van der Waals surface area contributed by atoms with Crippen LogP contribution in [0.25, 0.3) is 6.08 Å². The van der Waals surface area contributed by atoms with Crippen molar-refractivity contribution in [1.29, 1.82) is 0 Å². The van der Waals surface area contributed by atoms with Crippen molar-refractivity contribution in [3.05, 3.63) is 46.0 Å². The Morgan fingerprint density at radius 3 is 2.52 bits per heavy atom. The van der Waals surface area contributed by atoms with E-state index in [9.17, 15) is 27.6 Å². The van der Waals surface area contributed by atoms with Gasteiger partial charge in [0.25, 0.3) is 0 Å². The van der Waals surface area contributed by atoms with Crippen LogP contribution in [0.3, 0.4) is 0 Å². The first kappa shape index (κ1) is 22.2. The highest BCUT2D eigenvalue weighted by Gasteiger charge is 2.41. The zero-order chi connectivity index (χ0) is 21.9. The quantitative estimate of drug-likeness (QED) is 0.519. The number of carbonyl (C=O) groups is 3. The maximum Gasteiger partial charge on any atom is 0.471 e. The van der Waals surface area contributed by atoms with E-state index in [1.165, 1.54) is 6.08 Å². The van der Waals surface area contributed by atoms with Crippen molar-refractivity contribution < 1.29 is 37.4 Å². The fourth-order valence-corrected chi connectivity index (χ4v) is 3.12. The number of amides is 1. The summed E-state index contributed by atoms with van der Waals surface area (Å²) in [5.74, 6) is -3.99. The van der Waals surface area contributed by atoms with Crippen LogP contribution in [0.4, 0.5) is 18.9 Å². The third-order valence-electron chi connectivity index (χ3n) is 4.68. The van der Waals surface area contributed by atoms with Gasteiger partial charge in [0.2, 0.25) is 0 Å². The van der Waals surface area contributed by atoms with Crippen LogP contribution in [0.2, 0.25) is 0 Å². The van der Waals surface area contributed by atoms with Gasteiger partial charge >= 0.3 is 24.0 Å². The van der Waals surface area contributed by atoms with Gasteiger partial charge in [-0.3, -0.25) is 9.59 Å². The molecule has 1 heterocycles. The molecule has 1 amide bonds. The van der Waals surface area contributed by atoms with Crippen LogP contribution in [0.1, 0.15) is 52.4 Å². The molecule has 1 aliphatic rings. The second-order valence-electron chi connectivity index (χ2n) is 6.63. The van der Waals surface area contributed by atoms with E-state index in [2.05, 4.69) is 6.58 Å². The SMILES string of the molecule is C=Cc1c(C)c2c(c(NC(=O)C(F)(F)F)c1CC=C(C)CCC(=O)O)C(=O)OC2. The summed E-state index contributed by atoms with van der Waals surface area (Å²) in [6.45, 7) is 6.97. The van der Waals surface area contributed by atoms with E-state index in [0.717, 1.165) is 0 Å². The van der Waals surface area contributed by atoms with Gasteiger partial charge in [-0.05, 0) is 43.4 Å². The Morgan fingerprint density at radius 2 is 1.97 bits per heavy atom. The van der Waals surface area contributed by atoms with E-state index in [-0.39, 0.29) is 42.7 Å². The summed E-state index contributed by atoms with van der Waals surface area (Å²) in [6.07, 6.45) is -1.81. The molecule has 2 rings (SSSR count). The lowest BCUT2D eigenvalue weighted by atomic mass is 9.89. The molecule has 0 aromatic heterocycles. The van der Waals surface area contributed by atoms with Crippen LogP contribution in [0, 0.1) is 6.92 Å². The van der Waals surface area contributed by atoms with Crippen LogP contribution < -0.4 is 5.32 Å². The van der Waals surface area contributed by atoms with Gasteiger partial charge in [-0.2, -0.15) is 13.2 Å². The average molecular weight is 411 g/mol. The number of carbonyl (C=O) groups excluding carboxylic acids is 2. The second kappa shape index (κ2) is 8.50. The number of anilines is 1. The lowest BCUT2D eigenvalue weighted by Crippen LogP contribution is -2.31. The molecule has 0 radical (unpaired) electrons. The Bertz CT molecular complexity index is 916. The van der Waals surface area contributed by atoms with Crippen molar-refractivity contribution in [2.24, 2.45) is 0 Å². The molecular weight excluding hydrogens is 391 g/mol. The standard InChI is InChI=1S/C20H20F3NO5/c1-4-12-11(3)14-9-29-18(27)16(14)17(24-19(28)20(21,22)23)13(12)7-5-10(2)6-8-15(25)26/h4-5H,1,6-9H2,2-3H3,(H,24,28)(H,25,26). The molecule has 1 aromatic rings. The zero-order valence-corrected chi connectivity index (χ0v) is 15.9. The number of rotatable bonds is 7. The predicted molar refractivity (Wildman–Crippen MR) is 99.4 cm³/mol. The molecular formula is C20H20F3NO5. The Hall–Kier alpha value is -3.10. The average Bonchev–Trinajstić information content (AvgIpc) is 3.01. The molecule has 6 nitrogen and oxygen atoms in total. The van der Waals surface area contributed by atoms with Crippen LogP contribution in [0.15, 0.2) is 18.2 Å². The molecule has 2 N–H and O–H groups in total. The molecule has 0 unspecified atom stereocenters. The minimum Gasteiger partial charge on any atom is -0.481 e.